The van der Waals surface area contributed by atoms with Crippen molar-refractivity contribution >= 4 is 28.8 Å². The molecule has 0 heterocycles. The van der Waals surface area contributed by atoms with Crippen LogP contribution >= 0.6 is 0 Å². The maximum atomic E-state index is 15.0. The lowest BCUT2D eigenvalue weighted by Crippen LogP contribution is -2.46. The summed E-state index contributed by atoms with van der Waals surface area (Å²) in [6, 6.07) is 6.65. The molecular weight excluding hydrogens is 503 g/mol. The molecule has 0 bridgehead atoms. The first kappa shape index (κ1) is 30.8. The number of rotatable bonds is 9. The average Bonchev–Trinajstić information content (AvgIpc) is 2.76. The van der Waals surface area contributed by atoms with Crippen molar-refractivity contribution in [2.45, 2.75) is 77.8 Å². The maximum absolute atomic E-state index is 15.0. The van der Waals surface area contributed by atoms with Gasteiger partial charge in [-0.15, -0.1) is 0 Å². The van der Waals surface area contributed by atoms with Gasteiger partial charge in [-0.1, -0.05) is 53.7 Å². The molecule has 8 heteroatoms. The van der Waals surface area contributed by atoms with Crippen LogP contribution in [-0.4, -0.2) is 38.0 Å². The Morgan fingerprint density at radius 1 is 0.622 bits per heavy atom. The van der Waals surface area contributed by atoms with Crippen LogP contribution in [0, 0.1) is 5.82 Å². The Balaban J connectivity index is 2.72. The molecule has 0 amide bonds. The molecule has 0 atom stereocenters. The van der Waals surface area contributed by atoms with E-state index in [1.807, 2.05) is 24.3 Å². The highest BCUT2D eigenvalue weighted by Gasteiger charge is 2.42. The molecule has 206 valence electrons. The summed E-state index contributed by atoms with van der Waals surface area (Å²) < 4.78 is 44.9. The van der Waals surface area contributed by atoms with Crippen LogP contribution in [0.5, 0.6) is 28.7 Å². The zero-order chi connectivity index (χ0) is 28.4. The van der Waals surface area contributed by atoms with E-state index < -0.39 is 16.6 Å². The molecule has 0 unspecified atom stereocenters. The molecule has 2 aromatic rings. The fourth-order valence-electron chi connectivity index (χ4n) is 3.12. The molecule has 0 aliphatic rings. The highest BCUT2D eigenvalue weighted by Crippen LogP contribution is 2.46. The zero-order valence-electron chi connectivity index (χ0n) is 24.9. The van der Waals surface area contributed by atoms with Gasteiger partial charge in [0.2, 0.25) is 5.75 Å². The van der Waals surface area contributed by atoms with Crippen molar-refractivity contribution in [2.24, 2.45) is 0 Å². The SMILES string of the molecule is COc1cc(C=Cc2cc(F)cc(O[Si](C)(C)C(C)(C)C)c2O[Si](C)(C)C(C)(C)C)cc(OC)c1OC. The zero-order valence-corrected chi connectivity index (χ0v) is 26.9. The van der Waals surface area contributed by atoms with E-state index in [1.165, 1.54) is 12.1 Å². The van der Waals surface area contributed by atoms with E-state index >= 15 is 4.39 Å². The Morgan fingerprint density at radius 2 is 1.11 bits per heavy atom. The van der Waals surface area contributed by atoms with Gasteiger partial charge in [0.1, 0.15) is 11.6 Å². The summed E-state index contributed by atoms with van der Waals surface area (Å²) in [6.07, 6.45) is 3.73. The first-order chi connectivity index (χ1) is 16.9. The lowest BCUT2D eigenvalue weighted by molar-refractivity contribution is 0.324. The predicted octanol–water partition coefficient (Wildman–Crippen LogP) is 8.79. The Labute approximate surface area is 225 Å². The number of benzene rings is 2. The molecule has 0 aliphatic carbocycles. The van der Waals surface area contributed by atoms with E-state index in [1.54, 1.807) is 21.3 Å². The van der Waals surface area contributed by atoms with E-state index in [9.17, 15) is 0 Å². The minimum Gasteiger partial charge on any atom is -0.541 e. The number of hydrogen-bond acceptors (Lipinski definition) is 5. The predicted molar refractivity (Wildman–Crippen MR) is 157 cm³/mol. The van der Waals surface area contributed by atoms with Crippen LogP contribution in [0.2, 0.25) is 36.3 Å². The van der Waals surface area contributed by atoms with Gasteiger partial charge < -0.3 is 23.1 Å². The number of ether oxygens (including phenoxy) is 3. The highest BCUT2D eigenvalue weighted by atomic mass is 28.4. The molecule has 0 saturated carbocycles. The van der Waals surface area contributed by atoms with Gasteiger partial charge in [0.25, 0.3) is 16.6 Å². The second-order valence-electron chi connectivity index (χ2n) is 12.3. The summed E-state index contributed by atoms with van der Waals surface area (Å²) >= 11 is 0. The molecule has 37 heavy (non-hydrogen) atoms. The highest BCUT2D eigenvalue weighted by molar-refractivity contribution is 6.75. The van der Waals surface area contributed by atoms with Crippen LogP contribution in [0.4, 0.5) is 4.39 Å². The molecule has 0 fully saturated rings. The molecule has 0 saturated heterocycles. The van der Waals surface area contributed by atoms with Gasteiger partial charge in [0, 0.05) is 11.6 Å². The van der Waals surface area contributed by atoms with Crippen LogP contribution in [0.3, 0.4) is 0 Å². The topological polar surface area (TPSA) is 46.2 Å². The van der Waals surface area contributed by atoms with Crippen molar-refractivity contribution in [3.63, 3.8) is 0 Å². The Kier molecular flexibility index (Phi) is 9.24. The van der Waals surface area contributed by atoms with Gasteiger partial charge in [-0.25, -0.2) is 4.39 Å². The summed E-state index contributed by atoms with van der Waals surface area (Å²) in [5.41, 5.74) is 1.43. The fourth-order valence-corrected chi connectivity index (χ4v) is 5.16. The van der Waals surface area contributed by atoms with E-state index in [0.29, 0.717) is 34.3 Å². The molecule has 0 spiro atoms. The summed E-state index contributed by atoms with van der Waals surface area (Å²) in [4.78, 5) is 0. The minimum absolute atomic E-state index is 0.0483. The van der Waals surface area contributed by atoms with Gasteiger partial charge >= 0.3 is 0 Å². The van der Waals surface area contributed by atoms with Crippen LogP contribution in [-0.2, 0) is 0 Å². The number of methoxy groups -OCH3 is 3. The Bertz CT molecular complexity index is 1100. The van der Waals surface area contributed by atoms with Gasteiger partial charge in [0.05, 0.1) is 21.3 Å². The standard InChI is InChI=1S/C29H45FO5Si2/c1-28(2,3)36(10,11)34-25-19-22(30)18-21(26(25)35-37(12,13)29(4,5)6)15-14-20-16-23(31-7)27(33-9)24(17-20)32-8/h14-19H,1-13H3. The van der Waals surface area contributed by atoms with Crippen molar-refractivity contribution in [1.29, 1.82) is 0 Å². The van der Waals surface area contributed by atoms with Gasteiger partial charge in [0.15, 0.2) is 17.2 Å². The Morgan fingerprint density at radius 3 is 1.54 bits per heavy atom. The summed E-state index contributed by atoms with van der Waals surface area (Å²) in [7, 11) is 0.176. The summed E-state index contributed by atoms with van der Waals surface area (Å²) in [5, 5.41) is -0.104. The second-order valence-corrected chi connectivity index (χ2v) is 21.8. The molecule has 0 radical (unpaired) electrons. The van der Waals surface area contributed by atoms with E-state index in [4.69, 9.17) is 23.1 Å². The van der Waals surface area contributed by atoms with Crippen LogP contribution in [0.25, 0.3) is 12.2 Å². The molecular formula is C29H45FO5Si2. The first-order valence-corrected chi connectivity index (χ1v) is 18.4. The van der Waals surface area contributed by atoms with Crippen molar-refractivity contribution in [2.75, 3.05) is 21.3 Å². The van der Waals surface area contributed by atoms with E-state index in [2.05, 4.69) is 67.7 Å². The van der Waals surface area contributed by atoms with Gasteiger partial charge in [-0.05, 0) is 60.0 Å². The quantitative estimate of drug-likeness (QED) is 0.231. The number of hydrogen-bond donors (Lipinski definition) is 0. The van der Waals surface area contributed by atoms with Crippen LogP contribution in [0.15, 0.2) is 24.3 Å². The third-order valence-electron chi connectivity index (χ3n) is 7.53. The largest absolute Gasteiger partial charge is 0.541 e. The molecule has 2 aromatic carbocycles. The van der Waals surface area contributed by atoms with Gasteiger partial charge in [-0.2, -0.15) is 0 Å². The van der Waals surface area contributed by atoms with Crippen LogP contribution in [0.1, 0.15) is 52.7 Å². The Hall–Kier alpha value is -2.46. The minimum atomic E-state index is -2.27. The second kappa shape index (κ2) is 11.1. The van der Waals surface area contributed by atoms with Crippen molar-refractivity contribution in [3.05, 3.63) is 41.2 Å². The first-order valence-electron chi connectivity index (χ1n) is 12.6. The fraction of sp³-hybridized carbons (Fsp3) is 0.517. The lowest BCUT2D eigenvalue weighted by Gasteiger charge is -2.40. The van der Waals surface area contributed by atoms with Gasteiger partial charge in [-0.3, -0.25) is 0 Å². The third kappa shape index (κ3) is 7.10. The number of halogens is 1. The average molecular weight is 549 g/mol. The van der Waals surface area contributed by atoms with Crippen molar-refractivity contribution < 1.29 is 27.5 Å². The van der Waals surface area contributed by atoms with Crippen LogP contribution < -0.4 is 23.1 Å². The molecule has 5 nitrogen and oxygen atoms in total. The monoisotopic (exact) mass is 548 g/mol. The molecule has 0 aromatic heterocycles. The third-order valence-corrected chi connectivity index (χ3v) is 16.2. The normalized spacial score (nSPS) is 13.0. The molecule has 2 rings (SSSR count). The lowest BCUT2D eigenvalue weighted by atomic mass is 10.1. The summed E-state index contributed by atoms with van der Waals surface area (Å²) in [6.45, 7) is 21.7. The molecule has 0 N–H and O–H groups in total. The van der Waals surface area contributed by atoms with Crippen molar-refractivity contribution in [1.82, 2.24) is 0 Å². The smallest absolute Gasteiger partial charge is 0.250 e. The van der Waals surface area contributed by atoms with E-state index in [-0.39, 0.29) is 15.9 Å². The summed E-state index contributed by atoms with van der Waals surface area (Å²) in [5.74, 6) is 2.27. The van der Waals surface area contributed by atoms with E-state index in [0.717, 1.165) is 5.56 Å². The molecule has 0 aliphatic heterocycles. The van der Waals surface area contributed by atoms with Crippen molar-refractivity contribution in [3.8, 4) is 28.7 Å². The maximum Gasteiger partial charge on any atom is 0.250 e.